The molecule has 1 aliphatic heterocycles. The number of carbonyl (C=O) groups is 5. The predicted molar refractivity (Wildman–Crippen MR) is 175 cm³/mol. The summed E-state index contributed by atoms with van der Waals surface area (Å²) in [7, 11) is 1.62. The molecule has 0 bridgehead atoms. The molecule has 13 heteroatoms. The number of aliphatic hydroxyl groups is 1. The summed E-state index contributed by atoms with van der Waals surface area (Å²) in [6.07, 6.45) is 6.88. The van der Waals surface area contributed by atoms with Crippen LogP contribution in [-0.4, -0.2) is 95.7 Å². The van der Waals surface area contributed by atoms with Crippen molar-refractivity contribution in [2.45, 2.75) is 154 Å². The van der Waals surface area contributed by atoms with E-state index in [0.717, 1.165) is 57.8 Å². The Hall–Kier alpha value is -2.77. The summed E-state index contributed by atoms with van der Waals surface area (Å²) < 4.78 is 6.13. The summed E-state index contributed by atoms with van der Waals surface area (Å²) in [5.41, 5.74) is 5.89. The van der Waals surface area contributed by atoms with Crippen LogP contribution in [0.2, 0.25) is 0 Å². The highest BCUT2D eigenvalue weighted by atomic mass is 16.5. The van der Waals surface area contributed by atoms with E-state index in [1.807, 2.05) is 6.92 Å². The minimum atomic E-state index is -1.36. The van der Waals surface area contributed by atoms with E-state index in [4.69, 9.17) is 10.5 Å². The van der Waals surface area contributed by atoms with Crippen molar-refractivity contribution < 1.29 is 33.8 Å². The molecule has 1 saturated heterocycles. The minimum absolute atomic E-state index is 0.162. The zero-order chi connectivity index (χ0) is 34.4. The number of nitrogens with zero attached hydrogens (tertiary/aromatic N) is 1. The average Bonchev–Trinajstić information content (AvgIpc) is 3.02. The molecule has 0 spiro atoms. The van der Waals surface area contributed by atoms with Gasteiger partial charge in [0, 0.05) is 13.6 Å². The smallest absolute Gasteiger partial charge is 0.247 e. The molecule has 8 atom stereocenters. The molecule has 0 unspecified atom stereocenters. The van der Waals surface area contributed by atoms with Gasteiger partial charge in [0.15, 0.2) is 0 Å². The molecular weight excluding hydrogens is 592 g/mol. The van der Waals surface area contributed by atoms with Gasteiger partial charge < -0.3 is 41.7 Å². The first-order valence-corrected chi connectivity index (χ1v) is 17.4. The van der Waals surface area contributed by atoms with Crippen molar-refractivity contribution in [1.29, 1.82) is 0 Å². The topological polar surface area (TPSA) is 192 Å². The second kappa shape index (κ2) is 19.8. The second-order valence-electron chi connectivity index (χ2n) is 13.1. The van der Waals surface area contributed by atoms with Gasteiger partial charge in [-0.05, 0) is 52.4 Å². The average molecular weight is 653 g/mol. The number of likely N-dealkylation sites (N-methyl/N-ethyl adjacent to an activating group) is 1. The molecule has 0 radical (unpaired) electrons. The van der Waals surface area contributed by atoms with Crippen molar-refractivity contribution in [2.24, 2.45) is 17.6 Å². The zero-order valence-corrected chi connectivity index (χ0v) is 28.8. The Bertz CT molecular complexity index is 1000. The van der Waals surface area contributed by atoms with Gasteiger partial charge in [-0.15, -0.1) is 0 Å². The molecule has 0 aromatic rings. The number of rotatable bonds is 10. The summed E-state index contributed by atoms with van der Waals surface area (Å²) >= 11 is 0. The second-order valence-corrected chi connectivity index (χ2v) is 13.1. The van der Waals surface area contributed by atoms with Crippen LogP contribution < -0.4 is 27.0 Å². The van der Waals surface area contributed by atoms with E-state index in [9.17, 15) is 29.1 Å². The third-order valence-corrected chi connectivity index (χ3v) is 9.33. The lowest BCUT2D eigenvalue weighted by atomic mass is 9.83. The number of aliphatic hydroxyl groups excluding tert-OH is 1. The molecule has 2 fully saturated rings. The van der Waals surface area contributed by atoms with Crippen LogP contribution >= 0.6 is 0 Å². The maximum absolute atomic E-state index is 14.1. The van der Waals surface area contributed by atoms with Crippen LogP contribution in [-0.2, 0) is 28.7 Å². The molecular formula is C33H60N6O7. The van der Waals surface area contributed by atoms with Crippen LogP contribution in [0.25, 0.3) is 0 Å². The largest absolute Gasteiger partial charge is 0.391 e. The third kappa shape index (κ3) is 11.5. The van der Waals surface area contributed by atoms with Crippen LogP contribution in [0.4, 0.5) is 0 Å². The Morgan fingerprint density at radius 1 is 0.848 bits per heavy atom. The highest BCUT2D eigenvalue weighted by Gasteiger charge is 2.39. The van der Waals surface area contributed by atoms with Crippen LogP contribution in [0.15, 0.2) is 0 Å². The number of hydrogen-bond donors (Lipinski definition) is 6. The summed E-state index contributed by atoms with van der Waals surface area (Å²) in [5, 5.41) is 21.2. The van der Waals surface area contributed by atoms with E-state index >= 15 is 0 Å². The monoisotopic (exact) mass is 652 g/mol. The van der Waals surface area contributed by atoms with Gasteiger partial charge in [-0.25, -0.2) is 0 Å². The van der Waals surface area contributed by atoms with E-state index in [1.165, 1.54) is 11.8 Å². The van der Waals surface area contributed by atoms with Gasteiger partial charge in [0.1, 0.15) is 30.4 Å². The van der Waals surface area contributed by atoms with E-state index in [2.05, 4.69) is 28.2 Å². The van der Waals surface area contributed by atoms with Crippen molar-refractivity contribution in [3.05, 3.63) is 0 Å². The number of unbranched alkanes of at least 4 members (excludes halogenated alkanes) is 3. The molecule has 46 heavy (non-hydrogen) atoms. The summed E-state index contributed by atoms with van der Waals surface area (Å²) in [4.78, 5) is 69.8. The normalized spacial score (nSPS) is 30.8. The Labute approximate surface area is 274 Å². The number of ether oxygens (including phenoxy) is 1. The lowest BCUT2D eigenvalue weighted by Gasteiger charge is -2.36. The van der Waals surface area contributed by atoms with Crippen LogP contribution in [0.1, 0.15) is 112 Å². The van der Waals surface area contributed by atoms with Gasteiger partial charge >= 0.3 is 0 Å². The number of nitrogens with two attached hydrogens (primary N) is 1. The fourth-order valence-electron chi connectivity index (χ4n) is 6.55. The maximum atomic E-state index is 14.1. The lowest BCUT2D eigenvalue weighted by Crippen LogP contribution is -2.63. The lowest BCUT2D eigenvalue weighted by molar-refractivity contribution is -0.150. The molecule has 5 amide bonds. The minimum Gasteiger partial charge on any atom is -0.391 e. The molecule has 1 aliphatic carbocycles. The van der Waals surface area contributed by atoms with Crippen LogP contribution in [0, 0.1) is 11.8 Å². The Balaban J connectivity index is 2.54. The SMILES string of the molecule is CCCCCC[C@H]1C(=O)N(C)[C@@H](CCC)C(=O)N[C@@H](C2CCCCC2)C(=O)N[C@@H](CN)C(=O)N[C@@H]([C@H](C)O)C(=O)N[C@H](C)O[C@@H]1C. The third-order valence-electron chi connectivity index (χ3n) is 9.33. The first-order chi connectivity index (χ1) is 21.9. The molecule has 1 saturated carbocycles. The fraction of sp³-hybridized carbons (Fsp3) is 0.848. The fourth-order valence-corrected chi connectivity index (χ4v) is 6.55. The van der Waals surface area contributed by atoms with E-state index in [0.29, 0.717) is 19.3 Å². The molecule has 13 nitrogen and oxygen atoms in total. The maximum Gasteiger partial charge on any atom is 0.247 e. The van der Waals surface area contributed by atoms with E-state index in [1.54, 1.807) is 20.9 Å². The van der Waals surface area contributed by atoms with E-state index < -0.39 is 72.1 Å². The zero-order valence-electron chi connectivity index (χ0n) is 28.8. The highest BCUT2D eigenvalue weighted by Crippen LogP contribution is 2.28. The molecule has 0 aromatic carbocycles. The number of carbonyl (C=O) groups excluding carboxylic acids is 5. The molecule has 2 rings (SSSR count). The van der Waals surface area contributed by atoms with Crippen molar-refractivity contribution >= 4 is 29.5 Å². The van der Waals surface area contributed by atoms with Gasteiger partial charge in [0.25, 0.3) is 0 Å². The van der Waals surface area contributed by atoms with Crippen LogP contribution in [0.3, 0.4) is 0 Å². The number of hydrogen-bond acceptors (Lipinski definition) is 8. The van der Waals surface area contributed by atoms with E-state index in [-0.39, 0.29) is 18.4 Å². The standard InChI is InChI=1S/C33H60N6O7/c1-7-9-10-14-18-24-21(4)46-22(5)35-31(43)27(20(3)40)37-29(41)25(19-34)36-32(44)28(23-16-12-11-13-17-23)38-30(42)26(15-8-2)39(6)33(24)45/h20-28,40H,7-19,34H2,1-6H3,(H,35,43)(H,36,44)(H,37,41)(H,38,42)/t20-,21+,22-,24+,25-,26-,27-,28-/m0/s1. The van der Waals surface area contributed by atoms with Crippen molar-refractivity contribution in [2.75, 3.05) is 13.6 Å². The first kappa shape index (κ1) is 39.4. The molecule has 1 heterocycles. The van der Waals surface area contributed by atoms with Gasteiger partial charge in [-0.1, -0.05) is 65.2 Å². The number of nitrogens with one attached hydrogen (secondary N) is 4. The van der Waals surface area contributed by atoms with Crippen LogP contribution in [0.5, 0.6) is 0 Å². The number of amides is 5. The molecule has 0 aromatic heterocycles. The van der Waals surface area contributed by atoms with Gasteiger partial charge in [-0.3, -0.25) is 24.0 Å². The summed E-state index contributed by atoms with van der Waals surface area (Å²) in [6.45, 7) is 8.52. The summed E-state index contributed by atoms with van der Waals surface area (Å²) in [6, 6.07) is -4.35. The van der Waals surface area contributed by atoms with Gasteiger partial charge in [-0.2, -0.15) is 0 Å². The van der Waals surface area contributed by atoms with Crippen molar-refractivity contribution in [3.8, 4) is 0 Å². The Morgan fingerprint density at radius 2 is 1.52 bits per heavy atom. The van der Waals surface area contributed by atoms with Gasteiger partial charge in [0.05, 0.1) is 18.1 Å². The summed E-state index contributed by atoms with van der Waals surface area (Å²) in [5.74, 6) is -3.41. The van der Waals surface area contributed by atoms with Crippen molar-refractivity contribution in [3.63, 3.8) is 0 Å². The van der Waals surface area contributed by atoms with Crippen molar-refractivity contribution in [1.82, 2.24) is 26.2 Å². The Morgan fingerprint density at radius 3 is 2.11 bits per heavy atom. The molecule has 2 aliphatic rings. The highest BCUT2D eigenvalue weighted by molar-refractivity contribution is 5.96. The predicted octanol–water partition coefficient (Wildman–Crippen LogP) is 1.46. The first-order valence-electron chi connectivity index (χ1n) is 17.4. The quantitative estimate of drug-likeness (QED) is 0.191. The Kier molecular flexibility index (Phi) is 17.0. The van der Waals surface area contributed by atoms with Gasteiger partial charge in [0.2, 0.25) is 29.5 Å². The molecule has 7 N–H and O–H groups in total. The molecule has 264 valence electrons.